The van der Waals surface area contributed by atoms with E-state index < -0.39 is 0 Å². The Morgan fingerprint density at radius 3 is 2.00 bits per heavy atom. The van der Waals surface area contributed by atoms with Gasteiger partial charge in [-0.15, -0.1) is 0 Å². The van der Waals surface area contributed by atoms with E-state index in [4.69, 9.17) is 12.2 Å². The lowest BCUT2D eigenvalue weighted by Gasteiger charge is -2.17. The number of hydrogen-bond donors (Lipinski definition) is 0. The van der Waals surface area contributed by atoms with Crippen LogP contribution in [0.3, 0.4) is 0 Å². The van der Waals surface area contributed by atoms with E-state index in [2.05, 4.69) is 36.4 Å². The van der Waals surface area contributed by atoms with Crippen molar-refractivity contribution in [3.05, 3.63) is 47.5 Å². The summed E-state index contributed by atoms with van der Waals surface area (Å²) in [7, 11) is 0. The van der Waals surface area contributed by atoms with Crippen LogP contribution in [0.5, 0.6) is 0 Å². The van der Waals surface area contributed by atoms with Crippen LogP contribution >= 0.6 is 12.2 Å². The van der Waals surface area contributed by atoms with Crippen molar-refractivity contribution < 1.29 is 0 Å². The molecule has 0 unspecified atom stereocenters. The molecule has 0 saturated heterocycles. The molecule has 0 N–H and O–H groups in total. The van der Waals surface area contributed by atoms with E-state index in [1.54, 1.807) is 0 Å². The first-order chi connectivity index (χ1) is 6.84. The molecule has 0 saturated carbocycles. The fraction of sp³-hybridized carbons (Fsp3) is 0.154. The summed E-state index contributed by atoms with van der Waals surface area (Å²) >= 11 is 5.33. The molecule has 0 spiro atoms. The Hall–Kier alpha value is -1.21. The van der Waals surface area contributed by atoms with Gasteiger partial charge < -0.3 is 0 Å². The molecule has 68 valence electrons. The summed E-state index contributed by atoms with van der Waals surface area (Å²) in [6.07, 6.45) is 1.95. The fourth-order valence-electron chi connectivity index (χ4n) is 2.28. The van der Waals surface area contributed by atoms with Gasteiger partial charge in [0.15, 0.2) is 0 Å². The highest BCUT2D eigenvalue weighted by atomic mass is 32.1. The van der Waals surface area contributed by atoms with Gasteiger partial charge in [0.1, 0.15) is 0 Å². The van der Waals surface area contributed by atoms with Crippen LogP contribution in [-0.4, -0.2) is 4.86 Å². The molecule has 14 heavy (non-hydrogen) atoms. The summed E-state index contributed by atoms with van der Waals surface area (Å²) < 4.78 is 0. The molecule has 0 nitrogen and oxygen atoms in total. The summed E-state index contributed by atoms with van der Waals surface area (Å²) in [5.41, 5.74) is 2.80. The zero-order valence-electron chi connectivity index (χ0n) is 7.79. The molecule has 3 rings (SSSR count). The van der Waals surface area contributed by atoms with E-state index in [9.17, 15) is 0 Å². The van der Waals surface area contributed by atoms with Crippen LogP contribution < -0.4 is 0 Å². The average molecular weight is 198 g/mol. The molecule has 1 aliphatic carbocycles. The van der Waals surface area contributed by atoms with Crippen molar-refractivity contribution >= 4 is 27.9 Å². The summed E-state index contributed by atoms with van der Waals surface area (Å²) in [6.45, 7) is 0. The third kappa shape index (κ3) is 1.09. The number of benzene rings is 2. The van der Waals surface area contributed by atoms with Crippen LogP contribution in [0.15, 0.2) is 36.4 Å². The maximum absolute atomic E-state index is 5.33. The molecule has 2 aromatic carbocycles. The molecule has 0 fully saturated rings. The SMILES string of the molecule is S=C1Cc2cccc3cccc(c23)C1. The van der Waals surface area contributed by atoms with Crippen molar-refractivity contribution in [3.8, 4) is 0 Å². The first kappa shape index (κ1) is 8.13. The highest BCUT2D eigenvalue weighted by Gasteiger charge is 2.14. The second-order valence-electron chi connectivity index (χ2n) is 3.82. The predicted molar refractivity (Wildman–Crippen MR) is 64.0 cm³/mol. The Kier molecular flexibility index (Phi) is 1.68. The van der Waals surface area contributed by atoms with Crippen molar-refractivity contribution in [2.75, 3.05) is 0 Å². The summed E-state index contributed by atoms with van der Waals surface area (Å²) in [4.78, 5) is 1.16. The van der Waals surface area contributed by atoms with E-state index in [0.29, 0.717) is 0 Å². The van der Waals surface area contributed by atoms with Crippen LogP contribution in [0.25, 0.3) is 10.8 Å². The van der Waals surface area contributed by atoms with E-state index in [1.807, 2.05) is 0 Å². The van der Waals surface area contributed by atoms with Gasteiger partial charge in [-0.1, -0.05) is 48.6 Å². The lowest BCUT2D eigenvalue weighted by Crippen LogP contribution is -2.11. The zero-order chi connectivity index (χ0) is 9.54. The summed E-state index contributed by atoms with van der Waals surface area (Å²) in [6, 6.07) is 13.0. The van der Waals surface area contributed by atoms with Crippen molar-refractivity contribution in [2.45, 2.75) is 12.8 Å². The smallest absolute Gasteiger partial charge is 0.00478 e. The number of thiocarbonyl (C=S) groups is 1. The largest absolute Gasteiger partial charge is 0.0890 e. The molecule has 0 amide bonds. The van der Waals surface area contributed by atoms with Gasteiger partial charge >= 0.3 is 0 Å². The monoisotopic (exact) mass is 198 g/mol. The van der Waals surface area contributed by atoms with Gasteiger partial charge in [0, 0.05) is 17.7 Å². The quantitative estimate of drug-likeness (QED) is 0.585. The molecule has 0 aliphatic heterocycles. The van der Waals surface area contributed by atoms with E-state index in [1.165, 1.54) is 21.9 Å². The normalized spacial score (nSPS) is 14.7. The van der Waals surface area contributed by atoms with E-state index in [-0.39, 0.29) is 0 Å². The zero-order valence-corrected chi connectivity index (χ0v) is 8.60. The van der Waals surface area contributed by atoms with Gasteiger partial charge in [0.25, 0.3) is 0 Å². The minimum atomic E-state index is 0.976. The molecule has 0 atom stereocenters. The highest BCUT2D eigenvalue weighted by molar-refractivity contribution is 7.80. The van der Waals surface area contributed by atoms with E-state index >= 15 is 0 Å². The predicted octanol–water partition coefficient (Wildman–Crippen LogP) is 3.31. The fourth-order valence-corrected chi connectivity index (χ4v) is 2.59. The standard InChI is InChI=1S/C13H10S/c14-12-7-10-5-1-3-9-4-2-6-11(8-12)13(9)10/h1-6H,7-8H2. The molecule has 1 heteroatoms. The van der Waals surface area contributed by atoms with Crippen LogP contribution in [0.2, 0.25) is 0 Å². The third-order valence-electron chi connectivity index (χ3n) is 2.85. The van der Waals surface area contributed by atoms with E-state index in [0.717, 1.165) is 17.7 Å². The molecule has 2 aromatic rings. The van der Waals surface area contributed by atoms with Crippen LogP contribution in [0.1, 0.15) is 11.1 Å². The lowest BCUT2D eigenvalue weighted by molar-refractivity contribution is 1.23. The Morgan fingerprint density at radius 2 is 1.43 bits per heavy atom. The summed E-state index contributed by atoms with van der Waals surface area (Å²) in [5.74, 6) is 0. The van der Waals surface area contributed by atoms with Crippen molar-refractivity contribution in [2.24, 2.45) is 0 Å². The minimum Gasteiger partial charge on any atom is -0.0890 e. The van der Waals surface area contributed by atoms with Gasteiger partial charge in [0.05, 0.1) is 0 Å². The Bertz CT molecular complexity index is 483. The van der Waals surface area contributed by atoms with Crippen LogP contribution in [-0.2, 0) is 12.8 Å². The van der Waals surface area contributed by atoms with Crippen LogP contribution in [0.4, 0.5) is 0 Å². The van der Waals surface area contributed by atoms with Gasteiger partial charge in [-0.25, -0.2) is 0 Å². The van der Waals surface area contributed by atoms with Gasteiger partial charge in [-0.2, -0.15) is 0 Å². The second-order valence-corrected chi connectivity index (χ2v) is 4.40. The topological polar surface area (TPSA) is 0 Å². The second kappa shape index (κ2) is 2.89. The van der Waals surface area contributed by atoms with Crippen molar-refractivity contribution in [3.63, 3.8) is 0 Å². The number of hydrogen-bond acceptors (Lipinski definition) is 1. The molecular formula is C13H10S. The third-order valence-corrected chi connectivity index (χ3v) is 3.14. The Labute approximate surface area is 88.6 Å². The maximum Gasteiger partial charge on any atom is 0.00478 e. The van der Waals surface area contributed by atoms with Gasteiger partial charge in [-0.3, -0.25) is 0 Å². The Morgan fingerprint density at radius 1 is 0.857 bits per heavy atom. The molecule has 0 heterocycles. The molecular weight excluding hydrogens is 188 g/mol. The average Bonchev–Trinajstić information content (AvgIpc) is 2.18. The van der Waals surface area contributed by atoms with Crippen LogP contribution in [0, 0.1) is 0 Å². The van der Waals surface area contributed by atoms with Gasteiger partial charge in [-0.05, 0) is 21.9 Å². The lowest BCUT2D eigenvalue weighted by atomic mass is 9.89. The number of rotatable bonds is 0. The molecule has 0 aromatic heterocycles. The molecule has 1 aliphatic rings. The Balaban J connectivity index is 2.45. The molecule has 0 bridgehead atoms. The first-order valence-electron chi connectivity index (χ1n) is 4.86. The summed E-state index contributed by atoms with van der Waals surface area (Å²) in [5, 5.41) is 2.78. The van der Waals surface area contributed by atoms with Gasteiger partial charge in [0.2, 0.25) is 0 Å². The minimum absolute atomic E-state index is 0.976. The highest BCUT2D eigenvalue weighted by Crippen LogP contribution is 2.28. The van der Waals surface area contributed by atoms with Crippen molar-refractivity contribution in [1.29, 1.82) is 0 Å². The first-order valence-corrected chi connectivity index (χ1v) is 5.26. The maximum atomic E-state index is 5.33. The van der Waals surface area contributed by atoms with Crippen molar-refractivity contribution in [1.82, 2.24) is 0 Å². The molecule has 0 radical (unpaired) electrons.